The summed E-state index contributed by atoms with van der Waals surface area (Å²) in [5, 5.41) is 3.53. The number of fused-ring (bicyclic) bond motifs is 1. The van der Waals surface area contributed by atoms with Crippen LogP contribution in [-0.2, 0) is 6.42 Å². The zero-order valence-electron chi connectivity index (χ0n) is 12.3. The van der Waals surface area contributed by atoms with Crippen LogP contribution in [0.5, 0.6) is 0 Å². The lowest BCUT2D eigenvalue weighted by atomic mass is 9.88. The third kappa shape index (κ3) is 2.59. The van der Waals surface area contributed by atoms with Crippen molar-refractivity contribution in [3.8, 4) is 0 Å². The molecule has 3 nitrogen and oxygen atoms in total. The molecule has 0 atom stereocenters. The van der Waals surface area contributed by atoms with Gasteiger partial charge in [-0.05, 0) is 50.3 Å². The normalized spacial score (nSPS) is 26.4. The molecule has 0 unspecified atom stereocenters. The predicted octanol–water partition coefficient (Wildman–Crippen LogP) is 2.61. The Morgan fingerprint density at radius 3 is 2.70 bits per heavy atom. The topological polar surface area (TPSA) is 32.3 Å². The van der Waals surface area contributed by atoms with Crippen LogP contribution in [0.1, 0.15) is 48.5 Å². The maximum atomic E-state index is 12.6. The molecule has 0 radical (unpaired) electrons. The summed E-state index contributed by atoms with van der Waals surface area (Å²) in [7, 11) is 0. The van der Waals surface area contributed by atoms with Crippen LogP contribution in [0.4, 0.5) is 0 Å². The van der Waals surface area contributed by atoms with E-state index >= 15 is 0 Å². The second-order valence-corrected chi connectivity index (χ2v) is 5.97. The Balaban J connectivity index is 1.67. The molecule has 1 aliphatic heterocycles. The van der Waals surface area contributed by atoms with E-state index in [0.29, 0.717) is 12.1 Å². The molecule has 3 rings (SSSR count). The number of nitrogens with zero attached hydrogens (tertiary/aromatic N) is 1. The highest BCUT2D eigenvalue weighted by Gasteiger charge is 2.32. The Labute approximate surface area is 121 Å². The summed E-state index contributed by atoms with van der Waals surface area (Å²) in [6, 6.07) is 9.18. The molecule has 1 aliphatic carbocycles. The molecule has 1 amide bonds. The fourth-order valence-electron chi connectivity index (χ4n) is 3.67. The van der Waals surface area contributed by atoms with Gasteiger partial charge >= 0.3 is 0 Å². The van der Waals surface area contributed by atoms with Crippen LogP contribution in [0.25, 0.3) is 0 Å². The standard InChI is InChI=1S/C17H24N2O/c1-2-18-14-7-9-15(10-8-14)19-12-11-13-5-3-4-6-16(13)17(19)20/h3-6,14-15,18H,2,7-12H2,1H3. The van der Waals surface area contributed by atoms with Gasteiger partial charge in [-0.25, -0.2) is 0 Å². The van der Waals surface area contributed by atoms with Crippen molar-refractivity contribution in [2.75, 3.05) is 13.1 Å². The lowest BCUT2D eigenvalue weighted by Gasteiger charge is -2.39. The summed E-state index contributed by atoms with van der Waals surface area (Å²) in [5.74, 6) is 0.249. The highest BCUT2D eigenvalue weighted by Crippen LogP contribution is 2.28. The van der Waals surface area contributed by atoms with Crippen molar-refractivity contribution < 1.29 is 4.79 Å². The third-order valence-corrected chi connectivity index (χ3v) is 4.76. The van der Waals surface area contributed by atoms with Gasteiger partial charge in [0.1, 0.15) is 0 Å². The van der Waals surface area contributed by atoms with Gasteiger partial charge in [0.15, 0.2) is 0 Å². The number of hydrogen-bond acceptors (Lipinski definition) is 2. The quantitative estimate of drug-likeness (QED) is 0.917. The number of amides is 1. The van der Waals surface area contributed by atoms with Gasteiger partial charge in [0.2, 0.25) is 0 Å². The Bertz CT molecular complexity index is 478. The summed E-state index contributed by atoms with van der Waals surface area (Å²) in [6.45, 7) is 4.11. The molecular formula is C17H24N2O. The zero-order chi connectivity index (χ0) is 13.9. The molecule has 20 heavy (non-hydrogen) atoms. The summed E-state index contributed by atoms with van der Waals surface area (Å²) < 4.78 is 0. The monoisotopic (exact) mass is 272 g/mol. The van der Waals surface area contributed by atoms with Gasteiger partial charge < -0.3 is 10.2 Å². The van der Waals surface area contributed by atoms with E-state index in [2.05, 4.69) is 23.2 Å². The number of rotatable bonds is 3. The molecule has 1 saturated carbocycles. The molecule has 1 N–H and O–H groups in total. The van der Waals surface area contributed by atoms with E-state index < -0.39 is 0 Å². The van der Waals surface area contributed by atoms with Crippen LogP contribution < -0.4 is 5.32 Å². The summed E-state index contributed by atoms with van der Waals surface area (Å²) in [4.78, 5) is 14.8. The van der Waals surface area contributed by atoms with Crippen molar-refractivity contribution in [2.45, 2.75) is 51.1 Å². The molecule has 0 aromatic heterocycles. The molecule has 3 heteroatoms. The van der Waals surface area contributed by atoms with E-state index in [9.17, 15) is 4.79 Å². The van der Waals surface area contributed by atoms with Gasteiger partial charge in [0, 0.05) is 24.2 Å². The first-order valence-electron chi connectivity index (χ1n) is 7.92. The Kier molecular flexibility index (Phi) is 4.06. The Hall–Kier alpha value is -1.35. The van der Waals surface area contributed by atoms with Crippen LogP contribution in [0.15, 0.2) is 24.3 Å². The van der Waals surface area contributed by atoms with E-state index in [0.717, 1.165) is 37.9 Å². The van der Waals surface area contributed by atoms with Crippen LogP contribution in [0.2, 0.25) is 0 Å². The Morgan fingerprint density at radius 1 is 1.20 bits per heavy atom. The van der Waals surface area contributed by atoms with E-state index in [1.54, 1.807) is 0 Å². The second-order valence-electron chi connectivity index (χ2n) is 5.97. The van der Waals surface area contributed by atoms with Crippen molar-refractivity contribution in [1.82, 2.24) is 10.2 Å². The largest absolute Gasteiger partial charge is 0.335 e. The van der Waals surface area contributed by atoms with Crippen LogP contribution in [0, 0.1) is 0 Å². The van der Waals surface area contributed by atoms with E-state index in [1.165, 1.54) is 18.4 Å². The number of nitrogens with one attached hydrogen (secondary N) is 1. The first-order valence-corrected chi connectivity index (χ1v) is 7.92. The van der Waals surface area contributed by atoms with Crippen LogP contribution in [-0.4, -0.2) is 36.0 Å². The molecule has 1 aromatic rings. The number of benzene rings is 1. The molecule has 1 aromatic carbocycles. The van der Waals surface area contributed by atoms with E-state index in [4.69, 9.17) is 0 Å². The van der Waals surface area contributed by atoms with Gasteiger partial charge in [-0.1, -0.05) is 25.1 Å². The fraction of sp³-hybridized carbons (Fsp3) is 0.588. The molecule has 1 fully saturated rings. The lowest BCUT2D eigenvalue weighted by Crippen LogP contribution is -2.48. The van der Waals surface area contributed by atoms with Crippen LogP contribution in [0.3, 0.4) is 0 Å². The van der Waals surface area contributed by atoms with Gasteiger partial charge in [-0.2, -0.15) is 0 Å². The Morgan fingerprint density at radius 2 is 1.95 bits per heavy atom. The van der Waals surface area contributed by atoms with Gasteiger partial charge in [0.25, 0.3) is 5.91 Å². The van der Waals surface area contributed by atoms with Gasteiger partial charge in [-0.3, -0.25) is 4.79 Å². The minimum absolute atomic E-state index is 0.249. The SMILES string of the molecule is CCNC1CCC(N2CCc3ccccc3C2=O)CC1. The maximum Gasteiger partial charge on any atom is 0.254 e. The molecule has 108 valence electrons. The first kappa shape index (κ1) is 13.6. The molecule has 0 spiro atoms. The molecular weight excluding hydrogens is 248 g/mol. The van der Waals surface area contributed by atoms with Gasteiger partial charge in [-0.15, -0.1) is 0 Å². The predicted molar refractivity (Wildman–Crippen MR) is 80.9 cm³/mol. The highest BCUT2D eigenvalue weighted by atomic mass is 16.2. The second kappa shape index (κ2) is 5.96. The van der Waals surface area contributed by atoms with Crippen molar-refractivity contribution in [3.05, 3.63) is 35.4 Å². The average Bonchev–Trinajstić information content (AvgIpc) is 2.49. The van der Waals surface area contributed by atoms with Crippen molar-refractivity contribution >= 4 is 5.91 Å². The summed E-state index contributed by atoms with van der Waals surface area (Å²) >= 11 is 0. The number of carbonyl (C=O) groups excluding carboxylic acids is 1. The minimum atomic E-state index is 0.249. The third-order valence-electron chi connectivity index (χ3n) is 4.76. The maximum absolute atomic E-state index is 12.6. The first-order chi connectivity index (χ1) is 9.79. The average molecular weight is 272 g/mol. The van der Waals surface area contributed by atoms with Gasteiger partial charge in [0.05, 0.1) is 0 Å². The molecule has 0 bridgehead atoms. The smallest absolute Gasteiger partial charge is 0.254 e. The molecule has 0 saturated heterocycles. The molecule has 2 aliphatic rings. The van der Waals surface area contributed by atoms with Crippen molar-refractivity contribution in [1.29, 1.82) is 0 Å². The number of carbonyl (C=O) groups is 1. The van der Waals surface area contributed by atoms with Crippen molar-refractivity contribution in [2.24, 2.45) is 0 Å². The zero-order valence-corrected chi connectivity index (χ0v) is 12.3. The summed E-state index contributed by atoms with van der Waals surface area (Å²) in [6.07, 6.45) is 5.69. The molecule has 1 heterocycles. The minimum Gasteiger partial charge on any atom is -0.335 e. The van der Waals surface area contributed by atoms with E-state index in [-0.39, 0.29) is 5.91 Å². The number of hydrogen-bond donors (Lipinski definition) is 1. The highest BCUT2D eigenvalue weighted by molar-refractivity contribution is 5.96. The van der Waals surface area contributed by atoms with E-state index in [1.807, 2.05) is 18.2 Å². The fourth-order valence-corrected chi connectivity index (χ4v) is 3.67. The summed E-state index contributed by atoms with van der Waals surface area (Å²) in [5.41, 5.74) is 2.14. The van der Waals surface area contributed by atoms with Crippen molar-refractivity contribution in [3.63, 3.8) is 0 Å². The van der Waals surface area contributed by atoms with Crippen LogP contribution >= 0.6 is 0 Å². The lowest BCUT2D eigenvalue weighted by molar-refractivity contribution is 0.0601.